The summed E-state index contributed by atoms with van der Waals surface area (Å²) in [4.78, 5) is 43.9. The summed E-state index contributed by atoms with van der Waals surface area (Å²) < 4.78 is 46.0. The van der Waals surface area contributed by atoms with Gasteiger partial charge in [0.15, 0.2) is 5.69 Å². The number of rotatable bonds is 2. The van der Waals surface area contributed by atoms with E-state index in [2.05, 4.69) is 9.97 Å². The molecule has 0 spiro atoms. The highest BCUT2D eigenvalue weighted by Crippen LogP contribution is 2.34. The molecular weight excluding hydrogens is 435 g/mol. The molecule has 7 nitrogen and oxygen atoms in total. The predicted molar refractivity (Wildman–Crippen MR) is 110 cm³/mol. The molecule has 0 aliphatic heterocycles. The van der Waals surface area contributed by atoms with Gasteiger partial charge in [0.25, 0.3) is 5.56 Å². The lowest BCUT2D eigenvalue weighted by Crippen LogP contribution is -2.34. The topological polar surface area (TPSA) is 96.9 Å². The Morgan fingerprint density at radius 3 is 2.39 bits per heavy atom. The zero-order valence-electron chi connectivity index (χ0n) is 16.5. The van der Waals surface area contributed by atoms with E-state index in [0.717, 1.165) is 18.2 Å². The van der Waals surface area contributed by atoms with Gasteiger partial charge in [-0.2, -0.15) is 13.2 Å². The predicted octanol–water partition coefficient (Wildman–Crippen LogP) is 4.20. The Kier molecular flexibility index (Phi) is 4.61. The van der Waals surface area contributed by atoms with Crippen LogP contribution in [0.2, 0.25) is 0 Å². The second-order valence-electron chi connectivity index (χ2n) is 7.88. The van der Waals surface area contributed by atoms with Crippen LogP contribution in [0.25, 0.3) is 27.5 Å². The summed E-state index contributed by atoms with van der Waals surface area (Å²) in [5.41, 5.74) is -3.72. The van der Waals surface area contributed by atoms with E-state index in [9.17, 15) is 27.6 Å². The van der Waals surface area contributed by atoms with E-state index in [1.165, 1.54) is 16.7 Å². The van der Waals surface area contributed by atoms with E-state index in [-0.39, 0.29) is 27.7 Å². The number of alkyl halides is 3. The lowest BCUT2D eigenvalue weighted by atomic mass is 10.1. The number of benzene rings is 1. The van der Waals surface area contributed by atoms with Crippen LogP contribution in [-0.4, -0.2) is 26.1 Å². The van der Waals surface area contributed by atoms with Crippen molar-refractivity contribution in [2.45, 2.75) is 32.5 Å². The zero-order valence-corrected chi connectivity index (χ0v) is 17.3. The van der Waals surface area contributed by atoms with Gasteiger partial charge in [-0.1, -0.05) is 0 Å². The number of hydrogen-bond donors (Lipinski definition) is 2. The molecule has 0 aliphatic carbocycles. The van der Waals surface area contributed by atoms with Gasteiger partial charge in [-0.15, -0.1) is 11.3 Å². The molecule has 0 radical (unpaired) electrons. The third-order valence-electron chi connectivity index (χ3n) is 4.47. The highest BCUT2D eigenvalue weighted by Gasteiger charge is 2.33. The summed E-state index contributed by atoms with van der Waals surface area (Å²) >= 11 is 1.18. The molecule has 3 heterocycles. The van der Waals surface area contributed by atoms with Gasteiger partial charge in [0.2, 0.25) is 0 Å². The maximum absolute atomic E-state index is 13.3. The van der Waals surface area contributed by atoms with Crippen molar-refractivity contribution < 1.29 is 22.7 Å². The molecule has 0 bridgehead atoms. The third kappa shape index (κ3) is 3.65. The molecule has 162 valence electrons. The molecule has 4 aromatic rings. The molecule has 0 unspecified atom stereocenters. The quantitative estimate of drug-likeness (QED) is 0.447. The molecule has 1 aromatic carbocycles. The van der Waals surface area contributed by atoms with Crippen molar-refractivity contribution in [3.05, 3.63) is 61.1 Å². The van der Waals surface area contributed by atoms with Crippen LogP contribution < -0.4 is 11.2 Å². The molecule has 0 aliphatic rings. The number of nitrogens with zero attached hydrogens (tertiary/aromatic N) is 1. The van der Waals surface area contributed by atoms with Gasteiger partial charge >= 0.3 is 17.8 Å². The van der Waals surface area contributed by atoms with Crippen LogP contribution in [0.4, 0.5) is 13.2 Å². The first-order valence-corrected chi connectivity index (χ1v) is 9.99. The molecule has 0 atom stereocenters. The molecule has 0 amide bonds. The molecule has 0 saturated heterocycles. The maximum Gasteiger partial charge on any atom is 0.416 e. The van der Waals surface area contributed by atoms with E-state index in [1.54, 1.807) is 26.2 Å². The van der Waals surface area contributed by atoms with Crippen molar-refractivity contribution in [1.82, 2.24) is 14.5 Å². The minimum atomic E-state index is -4.66. The Hall–Kier alpha value is -3.34. The fraction of sp³-hybridized carbons (Fsp3) is 0.250. The fourth-order valence-corrected chi connectivity index (χ4v) is 3.96. The first-order chi connectivity index (χ1) is 14.4. The van der Waals surface area contributed by atoms with Crippen molar-refractivity contribution in [3.63, 3.8) is 0 Å². The fourth-order valence-electron chi connectivity index (χ4n) is 3.21. The van der Waals surface area contributed by atoms with Crippen LogP contribution in [0.1, 0.15) is 36.8 Å². The number of H-pyrrole nitrogens is 2. The monoisotopic (exact) mass is 451 g/mol. The Morgan fingerprint density at radius 2 is 1.74 bits per heavy atom. The van der Waals surface area contributed by atoms with Crippen molar-refractivity contribution in [2.24, 2.45) is 0 Å². The molecule has 11 heteroatoms. The SMILES string of the molecule is CC(C)(C)OC(=O)c1[nH]c2ccc(C(F)(F)F)cc2c1-n1c(=O)[nH]c2cscc2c1=O. The summed E-state index contributed by atoms with van der Waals surface area (Å²) in [5.74, 6) is -0.913. The van der Waals surface area contributed by atoms with Crippen LogP contribution in [0.3, 0.4) is 0 Å². The van der Waals surface area contributed by atoms with Crippen LogP contribution >= 0.6 is 11.3 Å². The molecule has 0 fully saturated rings. The summed E-state index contributed by atoms with van der Waals surface area (Å²) in [6.45, 7) is 4.85. The molecule has 31 heavy (non-hydrogen) atoms. The smallest absolute Gasteiger partial charge is 0.416 e. The van der Waals surface area contributed by atoms with Crippen molar-refractivity contribution in [1.29, 1.82) is 0 Å². The highest BCUT2D eigenvalue weighted by atomic mass is 32.1. The highest BCUT2D eigenvalue weighted by molar-refractivity contribution is 7.09. The number of esters is 1. The Bertz CT molecular complexity index is 1450. The number of nitrogens with one attached hydrogen (secondary N) is 2. The second kappa shape index (κ2) is 6.84. The lowest BCUT2D eigenvalue weighted by molar-refractivity contribution is -0.137. The number of aromatic amines is 2. The summed E-state index contributed by atoms with van der Waals surface area (Å²) in [6, 6.07) is 2.77. The average Bonchev–Trinajstić information content (AvgIpc) is 3.24. The minimum absolute atomic E-state index is 0.113. The van der Waals surface area contributed by atoms with Crippen molar-refractivity contribution >= 4 is 39.1 Å². The van der Waals surface area contributed by atoms with E-state index < -0.39 is 34.6 Å². The normalized spacial score (nSPS) is 12.6. The Morgan fingerprint density at radius 1 is 1.03 bits per heavy atom. The largest absolute Gasteiger partial charge is 0.455 e. The number of halogens is 3. The lowest BCUT2D eigenvalue weighted by Gasteiger charge is -2.19. The Balaban J connectivity index is 2.11. The Labute approximate surface area is 176 Å². The van der Waals surface area contributed by atoms with Gasteiger partial charge in [0, 0.05) is 21.7 Å². The van der Waals surface area contributed by atoms with Gasteiger partial charge in [0.05, 0.1) is 22.2 Å². The average molecular weight is 451 g/mol. The molecule has 0 saturated carbocycles. The number of carbonyl (C=O) groups excluding carboxylic acids is 1. The van der Waals surface area contributed by atoms with Gasteiger partial charge in [0.1, 0.15) is 5.60 Å². The molecule has 2 N–H and O–H groups in total. The standard InChI is InChI=1S/C20H16F3N3O4S/c1-19(2,3)30-17(28)14-15(10-6-9(20(21,22)23)4-5-12(10)24-14)26-16(27)11-7-31-8-13(11)25-18(26)29/h4-8,24H,1-3H3,(H,25,29). The van der Waals surface area contributed by atoms with E-state index in [4.69, 9.17) is 4.74 Å². The van der Waals surface area contributed by atoms with E-state index in [1.807, 2.05) is 0 Å². The summed E-state index contributed by atoms with van der Waals surface area (Å²) in [7, 11) is 0. The zero-order chi connectivity index (χ0) is 22.7. The molecular formula is C20H16F3N3O4S. The third-order valence-corrected chi connectivity index (χ3v) is 5.21. The number of thiophene rings is 1. The van der Waals surface area contributed by atoms with Crippen LogP contribution in [0, 0.1) is 0 Å². The summed E-state index contributed by atoms with van der Waals surface area (Å²) in [6.07, 6.45) is -4.66. The van der Waals surface area contributed by atoms with Crippen LogP contribution in [-0.2, 0) is 10.9 Å². The number of fused-ring (bicyclic) bond motifs is 2. The van der Waals surface area contributed by atoms with Crippen LogP contribution in [0.15, 0.2) is 38.5 Å². The summed E-state index contributed by atoms with van der Waals surface area (Å²) in [5, 5.41) is 3.13. The second-order valence-corrected chi connectivity index (χ2v) is 8.62. The number of aromatic nitrogens is 3. The number of hydrogen-bond acceptors (Lipinski definition) is 5. The van der Waals surface area contributed by atoms with Crippen molar-refractivity contribution in [3.8, 4) is 5.69 Å². The van der Waals surface area contributed by atoms with E-state index >= 15 is 0 Å². The first kappa shape index (κ1) is 20.9. The maximum atomic E-state index is 13.3. The molecule has 3 aromatic heterocycles. The molecule has 4 rings (SSSR count). The van der Waals surface area contributed by atoms with Crippen LogP contribution in [0.5, 0.6) is 0 Å². The van der Waals surface area contributed by atoms with Gasteiger partial charge in [-0.3, -0.25) is 4.79 Å². The van der Waals surface area contributed by atoms with E-state index in [0.29, 0.717) is 10.1 Å². The van der Waals surface area contributed by atoms with Gasteiger partial charge < -0.3 is 14.7 Å². The minimum Gasteiger partial charge on any atom is -0.455 e. The van der Waals surface area contributed by atoms with Crippen molar-refractivity contribution in [2.75, 3.05) is 0 Å². The van der Waals surface area contributed by atoms with Gasteiger partial charge in [-0.05, 0) is 39.0 Å². The number of ether oxygens (including phenoxy) is 1. The first-order valence-electron chi connectivity index (χ1n) is 9.05. The van der Waals surface area contributed by atoms with Gasteiger partial charge in [-0.25, -0.2) is 14.2 Å². The number of carbonyl (C=O) groups is 1.